The molecule has 0 bridgehead atoms. The number of thioether (sulfide) groups is 1. The van der Waals surface area contributed by atoms with Crippen LogP contribution in [0.15, 0.2) is 47.6 Å². The molecular weight excluding hydrogens is 348 g/mol. The zero-order valence-electron chi connectivity index (χ0n) is 15.1. The third-order valence-corrected chi connectivity index (χ3v) is 5.15. The van der Waals surface area contributed by atoms with Gasteiger partial charge in [0.25, 0.3) is 0 Å². The van der Waals surface area contributed by atoms with Crippen LogP contribution >= 0.6 is 11.8 Å². The van der Waals surface area contributed by atoms with Crippen molar-refractivity contribution in [1.82, 2.24) is 20.2 Å². The van der Waals surface area contributed by atoms with Crippen LogP contribution in [0.4, 0.5) is 0 Å². The first-order chi connectivity index (χ1) is 12.5. The van der Waals surface area contributed by atoms with Gasteiger partial charge >= 0.3 is 0 Å². The zero-order chi connectivity index (χ0) is 18.7. The number of Topliss-reactive ketones (excluding diaryl/α,β-unsaturated/α-hetero) is 1. The van der Waals surface area contributed by atoms with Gasteiger partial charge in [0.2, 0.25) is 5.16 Å². The van der Waals surface area contributed by atoms with Gasteiger partial charge in [0.15, 0.2) is 5.78 Å². The van der Waals surface area contributed by atoms with E-state index in [0.29, 0.717) is 10.7 Å². The summed E-state index contributed by atoms with van der Waals surface area (Å²) in [7, 11) is 1.60. The Labute approximate surface area is 156 Å². The highest BCUT2D eigenvalue weighted by Gasteiger charge is 2.21. The van der Waals surface area contributed by atoms with Crippen molar-refractivity contribution in [2.45, 2.75) is 31.2 Å². The molecule has 3 rings (SSSR count). The number of benzene rings is 2. The number of carbonyl (C=O) groups excluding carboxylic acids is 1. The van der Waals surface area contributed by atoms with Crippen LogP contribution in [0.1, 0.15) is 28.4 Å². The lowest BCUT2D eigenvalue weighted by molar-refractivity contribution is 0.0994. The number of aryl methyl sites for hydroxylation is 2. The molecule has 7 heteroatoms. The first-order valence-corrected chi connectivity index (χ1v) is 9.09. The highest BCUT2D eigenvalue weighted by atomic mass is 32.2. The van der Waals surface area contributed by atoms with Crippen LogP contribution < -0.4 is 4.74 Å². The maximum Gasteiger partial charge on any atom is 0.214 e. The summed E-state index contributed by atoms with van der Waals surface area (Å²) in [6.45, 7) is 5.90. The van der Waals surface area contributed by atoms with Gasteiger partial charge in [-0.15, -0.1) is 5.10 Å². The normalized spacial score (nSPS) is 12.0. The second kappa shape index (κ2) is 7.70. The van der Waals surface area contributed by atoms with Crippen LogP contribution in [0.2, 0.25) is 0 Å². The number of carbonyl (C=O) groups is 1. The van der Waals surface area contributed by atoms with Crippen molar-refractivity contribution < 1.29 is 9.53 Å². The van der Waals surface area contributed by atoms with Gasteiger partial charge in [-0.25, -0.2) is 0 Å². The third kappa shape index (κ3) is 3.62. The van der Waals surface area contributed by atoms with Crippen molar-refractivity contribution in [3.63, 3.8) is 0 Å². The van der Waals surface area contributed by atoms with Crippen LogP contribution in [0.25, 0.3) is 5.69 Å². The number of methoxy groups -OCH3 is 1. The predicted molar refractivity (Wildman–Crippen MR) is 101 cm³/mol. The molecule has 6 nitrogen and oxygen atoms in total. The summed E-state index contributed by atoms with van der Waals surface area (Å²) in [4.78, 5) is 12.7. The van der Waals surface area contributed by atoms with Crippen LogP contribution in [-0.2, 0) is 0 Å². The van der Waals surface area contributed by atoms with E-state index in [1.165, 1.54) is 11.8 Å². The van der Waals surface area contributed by atoms with E-state index < -0.39 is 0 Å². The average molecular weight is 368 g/mol. The smallest absolute Gasteiger partial charge is 0.214 e. The summed E-state index contributed by atoms with van der Waals surface area (Å²) < 4.78 is 6.84. The summed E-state index contributed by atoms with van der Waals surface area (Å²) in [5.41, 5.74) is 3.74. The van der Waals surface area contributed by atoms with Gasteiger partial charge in [0, 0.05) is 5.56 Å². The largest absolute Gasteiger partial charge is 0.497 e. The molecule has 0 aliphatic carbocycles. The molecule has 3 aromatic rings. The third-order valence-electron chi connectivity index (χ3n) is 4.12. The van der Waals surface area contributed by atoms with Gasteiger partial charge in [-0.05, 0) is 66.6 Å². The summed E-state index contributed by atoms with van der Waals surface area (Å²) >= 11 is 1.35. The number of nitrogens with zero attached hydrogens (tertiary/aromatic N) is 4. The molecule has 0 saturated heterocycles. The Morgan fingerprint density at radius 1 is 1.12 bits per heavy atom. The standard InChI is InChI=1S/C19H20N4O2S/c1-12-6-5-7-13(2)17(12)23-19(20-21-22-23)26-14(3)18(24)15-8-10-16(25-4)11-9-15/h5-11,14H,1-4H3/t14-/m0/s1. The van der Waals surface area contributed by atoms with E-state index >= 15 is 0 Å². The molecule has 0 amide bonds. The van der Waals surface area contributed by atoms with Crippen LogP contribution in [0.5, 0.6) is 5.75 Å². The number of tetrazole rings is 1. The van der Waals surface area contributed by atoms with E-state index in [9.17, 15) is 4.79 Å². The van der Waals surface area contributed by atoms with Crippen LogP contribution in [0, 0.1) is 13.8 Å². The minimum absolute atomic E-state index is 0.0220. The molecule has 0 unspecified atom stereocenters. The lowest BCUT2D eigenvalue weighted by atomic mass is 10.1. The number of para-hydroxylation sites is 1. The molecule has 0 fully saturated rings. The number of rotatable bonds is 6. The second-order valence-corrected chi connectivity index (χ2v) is 7.27. The molecule has 0 spiro atoms. The van der Waals surface area contributed by atoms with E-state index in [2.05, 4.69) is 15.5 Å². The van der Waals surface area contributed by atoms with Gasteiger partial charge in [-0.1, -0.05) is 30.0 Å². The van der Waals surface area contributed by atoms with E-state index in [4.69, 9.17) is 4.74 Å². The molecule has 0 radical (unpaired) electrons. The average Bonchev–Trinajstić information content (AvgIpc) is 3.08. The Morgan fingerprint density at radius 3 is 2.38 bits per heavy atom. The van der Waals surface area contributed by atoms with Crippen LogP contribution in [-0.4, -0.2) is 38.4 Å². The van der Waals surface area contributed by atoms with Crippen LogP contribution in [0.3, 0.4) is 0 Å². The number of aromatic nitrogens is 4. The van der Waals surface area contributed by atoms with Crippen molar-refractivity contribution >= 4 is 17.5 Å². The van der Waals surface area contributed by atoms with Gasteiger partial charge < -0.3 is 4.74 Å². The zero-order valence-corrected chi connectivity index (χ0v) is 15.9. The van der Waals surface area contributed by atoms with Gasteiger partial charge in [-0.2, -0.15) is 4.68 Å². The van der Waals surface area contributed by atoms with Crippen molar-refractivity contribution in [1.29, 1.82) is 0 Å². The number of ketones is 1. The second-order valence-electron chi connectivity index (χ2n) is 5.97. The summed E-state index contributed by atoms with van der Waals surface area (Å²) in [5, 5.41) is 12.3. The van der Waals surface area contributed by atoms with Crippen molar-refractivity contribution in [3.8, 4) is 11.4 Å². The number of hydrogen-bond acceptors (Lipinski definition) is 6. The van der Waals surface area contributed by atoms with E-state index in [1.807, 2.05) is 39.0 Å². The van der Waals surface area contributed by atoms with E-state index in [1.54, 1.807) is 36.1 Å². The fraction of sp³-hybridized carbons (Fsp3) is 0.263. The number of hydrogen-bond donors (Lipinski definition) is 0. The Balaban J connectivity index is 1.83. The Kier molecular flexibility index (Phi) is 5.37. The molecule has 0 aliphatic heterocycles. The van der Waals surface area contributed by atoms with Gasteiger partial charge in [0.05, 0.1) is 18.0 Å². The minimum Gasteiger partial charge on any atom is -0.497 e. The summed E-state index contributed by atoms with van der Waals surface area (Å²) in [6.07, 6.45) is 0. The molecule has 1 heterocycles. The molecule has 0 aliphatic rings. The molecule has 0 saturated carbocycles. The summed E-state index contributed by atoms with van der Waals surface area (Å²) in [5.74, 6) is 0.745. The molecule has 26 heavy (non-hydrogen) atoms. The van der Waals surface area contributed by atoms with Crippen molar-refractivity contribution in [3.05, 3.63) is 59.2 Å². The Bertz CT molecular complexity index is 901. The van der Waals surface area contributed by atoms with Gasteiger partial charge in [-0.3, -0.25) is 4.79 Å². The highest BCUT2D eigenvalue weighted by molar-refractivity contribution is 8.00. The molecular formula is C19H20N4O2S. The maximum atomic E-state index is 12.7. The quantitative estimate of drug-likeness (QED) is 0.489. The van der Waals surface area contributed by atoms with Crippen molar-refractivity contribution in [2.24, 2.45) is 0 Å². The molecule has 134 valence electrons. The topological polar surface area (TPSA) is 69.9 Å². The molecule has 2 aromatic carbocycles. The molecule has 0 N–H and O–H groups in total. The monoisotopic (exact) mass is 368 g/mol. The molecule has 1 aromatic heterocycles. The lowest BCUT2D eigenvalue weighted by Crippen LogP contribution is -2.15. The predicted octanol–water partition coefficient (Wildman–Crippen LogP) is 3.65. The van der Waals surface area contributed by atoms with E-state index in [-0.39, 0.29) is 11.0 Å². The minimum atomic E-state index is -0.322. The highest BCUT2D eigenvalue weighted by Crippen LogP contribution is 2.28. The summed E-state index contributed by atoms with van der Waals surface area (Å²) in [6, 6.07) is 13.1. The first kappa shape index (κ1) is 18.1. The van der Waals surface area contributed by atoms with E-state index in [0.717, 1.165) is 22.6 Å². The Morgan fingerprint density at radius 2 is 1.77 bits per heavy atom. The van der Waals surface area contributed by atoms with Gasteiger partial charge in [0.1, 0.15) is 5.75 Å². The first-order valence-electron chi connectivity index (χ1n) is 8.21. The fourth-order valence-electron chi connectivity index (χ4n) is 2.73. The SMILES string of the molecule is COc1ccc(C(=O)[C@H](C)Sc2nnnn2-c2c(C)cccc2C)cc1. The Hall–Kier alpha value is -2.67. The number of ether oxygens (including phenoxy) is 1. The molecule has 1 atom stereocenters. The fourth-order valence-corrected chi connectivity index (χ4v) is 3.60. The maximum absolute atomic E-state index is 12.7. The van der Waals surface area contributed by atoms with Crippen molar-refractivity contribution in [2.75, 3.05) is 7.11 Å². The lowest BCUT2D eigenvalue weighted by Gasteiger charge is -2.13.